The van der Waals surface area contributed by atoms with Crippen LogP contribution in [0.2, 0.25) is 13.3 Å². The molecular weight excluding hydrogens is 367 g/mol. The van der Waals surface area contributed by atoms with Gasteiger partial charge in [-0.15, -0.1) is 0 Å². The summed E-state index contributed by atoms with van der Waals surface area (Å²) in [4.78, 5) is 11.5. The first-order valence-corrected chi connectivity index (χ1v) is 16.4. The molecule has 0 radical (unpaired) electrons. The number of hydrogen-bond acceptors (Lipinski definition) is 2. The number of allylic oxidation sites excluding steroid dienone is 1. The fourth-order valence-corrected chi connectivity index (χ4v) is 17.9. The van der Waals surface area contributed by atoms with E-state index >= 15 is 0 Å². The standard InChI is InChI=1S/C6H5O2.3C4H9.Sn/c1-4-3-6(7)8-5(4)2;3*1-3-4-2;/h2-3H,1H3;3*1,3-4H2,2H3;. The van der Waals surface area contributed by atoms with E-state index in [4.69, 9.17) is 4.74 Å². The third-order valence-corrected chi connectivity index (χ3v) is 18.5. The molecule has 0 spiro atoms. The zero-order chi connectivity index (χ0) is 15.7. The Morgan fingerprint density at radius 3 is 1.81 bits per heavy atom. The maximum atomic E-state index is 11.5. The molecule has 1 aliphatic rings. The average molecular weight is 399 g/mol. The van der Waals surface area contributed by atoms with Crippen molar-refractivity contribution in [1.82, 2.24) is 0 Å². The molecule has 0 unspecified atom stereocenters. The molecule has 0 aromatic rings. The molecule has 2 nitrogen and oxygen atoms in total. The van der Waals surface area contributed by atoms with Gasteiger partial charge in [-0.05, 0) is 0 Å². The van der Waals surface area contributed by atoms with Crippen molar-refractivity contribution in [2.24, 2.45) is 0 Å². The molecule has 120 valence electrons. The second-order valence-electron chi connectivity index (χ2n) is 6.43. The van der Waals surface area contributed by atoms with Crippen LogP contribution in [-0.2, 0) is 9.53 Å². The van der Waals surface area contributed by atoms with Gasteiger partial charge in [0.2, 0.25) is 0 Å². The van der Waals surface area contributed by atoms with Crippen LogP contribution in [0.3, 0.4) is 0 Å². The molecule has 0 amide bonds. The van der Waals surface area contributed by atoms with Crippen molar-refractivity contribution >= 4 is 24.3 Å². The van der Waals surface area contributed by atoms with Gasteiger partial charge in [-0.3, -0.25) is 0 Å². The van der Waals surface area contributed by atoms with Crippen LogP contribution in [0.25, 0.3) is 0 Å². The predicted molar refractivity (Wildman–Crippen MR) is 92.8 cm³/mol. The topological polar surface area (TPSA) is 26.3 Å². The van der Waals surface area contributed by atoms with E-state index in [1.165, 1.54) is 51.8 Å². The SMILES string of the molecule is CCC[CH2][Sn](/[CH]=C1/OC(=O)C=C1C)([CH2]CCC)[CH2]CCC. The van der Waals surface area contributed by atoms with E-state index in [1.54, 1.807) is 6.08 Å². The summed E-state index contributed by atoms with van der Waals surface area (Å²) in [7, 11) is 0. The molecule has 0 saturated carbocycles. The number of unbranched alkanes of at least 4 members (excludes halogenated alkanes) is 3. The van der Waals surface area contributed by atoms with Gasteiger partial charge in [-0.25, -0.2) is 0 Å². The van der Waals surface area contributed by atoms with Gasteiger partial charge in [0.15, 0.2) is 0 Å². The number of carbonyl (C=O) groups excluding carboxylic acids is 1. The summed E-state index contributed by atoms with van der Waals surface area (Å²) < 4.78 is 12.2. The summed E-state index contributed by atoms with van der Waals surface area (Å²) in [6, 6.07) is 0. The summed E-state index contributed by atoms with van der Waals surface area (Å²) in [5.41, 5.74) is 1.03. The summed E-state index contributed by atoms with van der Waals surface area (Å²) in [5.74, 6) is 0.722. The summed E-state index contributed by atoms with van der Waals surface area (Å²) in [5, 5.41) is 0. The Labute approximate surface area is 134 Å². The second kappa shape index (κ2) is 9.70. The van der Waals surface area contributed by atoms with Crippen molar-refractivity contribution < 1.29 is 9.53 Å². The monoisotopic (exact) mass is 400 g/mol. The molecule has 0 aromatic heterocycles. The van der Waals surface area contributed by atoms with Crippen molar-refractivity contribution in [3.63, 3.8) is 0 Å². The molecule has 21 heavy (non-hydrogen) atoms. The fraction of sp³-hybridized carbons (Fsp3) is 0.722. The van der Waals surface area contributed by atoms with Crippen LogP contribution in [0.4, 0.5) is 0 Å². The van der Waals surface area contributed by atoms with E-state index in [9.17, 15) is 4.79 Å². The van der Waals surface area contributed by atoms with Crippen LogP contribution >= 0.6 is 0 Å². The van der Waals surface area contributed by atoms with Gasteiger partial charge in [0.1, 0.15) is 0 Å². The van der Waals surface area contributed by atoms with Gasteiger partial charge in [-0.2, -0.15) is 0 Å². The molecule has 3 heteroatoms. The van der Waals surface area contributed by atoms with Gasteiger partial charge in [0.25, 0.3) is 0 Å². The van der Waals surface area contributed by atoms with E-state index < -0.39 is 18.4 Å². The van der Waals surface area contributed by atoms with Crippen molar-refractivity contribution in [3.05, 3.63) is 21.5 Å². The molecule has 0 aliphatic carbocycles. The predicted octanol–water partition coefficient (Wildman–Crippen LogP) is 5.76. The van der Waals surface area contributed by atoms with E-state index in [1.807, 2.05) is 6.92 Å². The minimum absolute atomic E-state index is 0.180. The van der Waals surface area contributed by atoms with Crippen LogP contribution < -0.4 is 0 Å². The zero-order valence-electron chi connectivity index (χ0n) is 14.3. The van der Waals surface area contributed by atoms with E-state index in [-0.39, 0.29) is 5.97 Å². The molecule has 0 aromatic carbocycles. The van der Waals surface area contributed by atoms with Crippen molar-refractivity contribution in [3.8, 4) is 0 Å². The normalized spacial score (nSPS) is 17.2. The number of rotatable bonds is 10. The second-order valence-corrected chi connectivity index (χ2v) is 19.3. The summed E-state index contributed by atoms with van der Waals surface area (Å²) in [6.07, 6.45) is 9.47. The van der Waals surface area contributed by atoms with Crippen molar-refractivity contribution in [1.29, 1.82) is 0 Å². The van der Waals surface area contributed by atoms with Crippen LogP contribution in [0.1, 0.15) is 66.2 Å². The maximum absolute atomic E-state index is 11.5. The molecule has 0 N–H and O–H groups in total. The van der Waals surface area contributed by atoms with Crippen LogP contribution in [0.15, 0.2) is 21.5 Å². The third-order valence-electron chi connectivity index (χ3n) is 4.46. The van der Waals surface area contributed by atoms with Crippen LogP contribution in [0, 0.1) is 0 Å². The average Bonchev–Trinajstić information content (AvgIpc) is 2.78. The summed E-state index contributed by atoms with van der Waals surface area (Å²) in [6.45, 7) is 8.85. The number of cyclic esters (lactones) is 1. The Balaban J connectivity index is 2.98. The van der Waals surface area contributed by atoms with Gasteiger partial charge in [-0.1, -0.05) is 0 Å². The number of carbonyl (C=O) groups is 1. The third kappa shape index (κ3) is 6.17. The van der Waals surface area contributed by atoms with Gasteiger partial charge >= 0.3 is 135 Å². The molecule has 1 rings (SSSR count). The van der Waals surface area contributed by atoms with Gasteiger partial charge < -0.3 is 0 Å². The molecular formula is C18H32O2Sn. The number of esters is 1. The Hall–Kier alpha value is -0.251. The number of hydrogen-bond donors (Lipinski definition) is 0. The van der Waals surface area contributed by atoms with E-state index in [2.05, 4.69) is 24.9 Å². The van der Waals surface area contributed by atoms with Crippen molar-refractivity contribution in [2.45, 2.75) is 79.5 Å². The number of ether oxygens (including phenoxy) is 1. The van der Waals surface area contributed by atoms with Crippen LogP contribution in [0.5, 0.6) is 0 Å². The first-order chi connectivity index (χ1) is 10.1. The molecule has 1 aliphatic heterocycles. The molecule has 0 fully saturated rings. The van der Waals surface area contributed by atoms with Crippen molar-refractivity contribution in [2.75, 3.05) is 0 Å². The van der Waals surface area contributed by atoms with Crippen LogP contribution in [-0.4, -0.2) is 24.3 Å². The molecule has 0 atom stereocenters. The molecule has 0 bridgehead atoms. The minimum atomic E-state index is -2.34. The Bertz CT molecular complexity index is 374. The van der Waals surface area contributed by atoms with Gasteiger partial charge in [0.05, 0.1) is 0 Å². The van der Waals surface area contributed by atoms with E-state index in [0.717, 1.165) is 11.3 Å². The molecule has 0 saturated heterocycles. The quantitative estimate of drug-likeness (QED) is 0.345. The van der Waals surface area contributed by atoms with Gasteiger partial charge in [0, 0.05) is 0 Å². The zero-order valence-corrected chi connectivity index (χ0v) is 17.2. The fourth-order valence-electron chi connectivity index (χ4n) is 3.07. The Morgan fingerprint density at radius 2 is 1.48 bits per heavy atom. The summed E-state index contributed by atoms with van der Waals surface area (Å²) >= 11 is -2.34. The first-order valence-electron chi connectivity index (χ1n) is 8.70. The van der Waals surface area contributed by atoms with E-state index in [0.29, 0.717) is 0 Å². The Kier molecular flexibility index (Phi) is 8.68. The molecule has 1 heterocycles. The first kappa shape index (κ1) is 18.8. The Morgan fingerprint density at radius 1 is 1.00 bits per heavy atom.